The summed E-state index contributed by atoms with van der Waals surface area (Å²) in [6, 6.07) is 10.1. The van der Waals surface area contributed by atoms with Crippen molar-refractivity contribution < 1.29 is 24.2 Å². The lowest BCUT2D eigenvalue weighted by Gasteiger charge is -2.36. The number of hydrogen-bond donors (Lipinski definition) is 2. The predicted octanol–water partition coefficient (Wildman–Crippen LogP) is 4.96. The van der Waals surface area contributed by atoms with E-state index in [4.69, 9.17) is 9.83 Å². The Morgan fingerprint density at radius 1 is 1.21 bits per heavy atom. The van der Waals surface area contributed by atoms with Crippen LogP contribution in [0.4, 0.5) is 4.53 Å². The van der Waals surface area contributed by atoms with Crippen molar-refractivity contribution in [1.82, 2.24) is 10.4 Å². The third-order valence-electron chi connectivity index (χ3n) is 6.40. The molecule has 0 radical (unpaired) electrons. The number of carbonyl (C=O) groups is 1. The summed E-state index contributed by atoms with van der Waals surface area (Å²) in [5.74, 6) is -0.0866. The van der Waals surface area contributed by atoms with E-state index >= 15 is 0 Å². The molecule has 2 heterocycles. The monoisotopic (exact) mass is 465 g/mol. The van der Waals surface area contributed by atoms with E-state index in [0.29, 0.717) is 18.9 Å². The molecule has 178 valence electrons. The number of carboxylic acids is 1. The first-order valence-electron chi connectivity index (χ1n) is 11.2. The lowest BCUT2D eigenvalue weighted by atomic mass is 9.86. The zero-order valence-corrected chi connectivity index (χ0v) is 19.5. The Labute approximate surface area is 198 Å². The molecule has 2 aromatic carbocycles. The van der Waals surface area contributed by atoms with Crippen LogP contribution in [0.15, 0.2) is 59.4 Å². The number of carboxylic acid groups (broad SMARTS) is 1. The van der Waals surface area contributed by atoms with Gasteiger partial charge in [-0.05, 0) is 80.6 Å². The summed E-state index contributed by atoms with van der Waals surface area (Å²) in [5.41, 5.74) is 4.44. The first-order valence-corrected chi connectivity index (χ1v) is 11.2. The van der Waals surface area contributed by atoms with Crippen molar-refractivity contribution in [2.75, 3.05) is 13.1 Å². The van der Waals surface area contributed by atoms with Crippen LogP contribution in [-0.2, 0) is 4.84 Å². The molecule has 8 heteroatoms. The number of hydroxylamine groups is 2. The normalized spacial score (nSPS) is 18.8. The minimum atomic E-state index is -0.934. The number of nitrogens with one attached hydrogen (secondary N) is 1. The van der Waals surface area contributed by atoms with Crippen molar-refractivity contribution in [3.05, 3.63) is 82.3 Å². The van der Waals surface area contributed by atoms with Gasteiger partial charge in [0.25, 0.3) is 0 Å². The van der Waals surface area contributed by atoms with Gasteiger partial charge in [-0.25, -0.2) is 4.79 Å². The Kier molecular flexibility index (Phi) is 6.70. The second kappa shape index (κ2) is 9.69. The highest BCUT2D eigenvalue weighted by Crippen LogP contribution is 2.37. The van der Waals surface area contributed by atoms with Crippen LogP contribution >= 0.6 is 0 Å². The van der Waals surface area contributed by atoms with Crippen LogP contribution in [0, 0.1) is 13.8 Å². The van der Waals surface area contributed by atoms with Crippen molar-refractivity contribution in [2.24, 2.45) is 4.99 Å². The molecule has 4 rings (SSSR count). The third kappa shape index (κ3) is 4.68. The van der Waals surface area contributed by atoms with Crippen molar-refractivity contribution in [3.8, 4) is 5.75 Å². The molecule has 7 nitrogen and oxygen atoms in total. The quantitative estimate of drug-likeness (QED) is 0.587. The second-order valence-corrected chi connectivity index (χ2v) is 8.59. The van der Waals surface area contributed by atoms with Gasteiger partial charge in [0.2, 0.25) is 0 Å². The number of aliphatic imine (C=N–C) groups is 1. The maximum atomic E-state index is 12.6. The number of allylic oxidation sites excluding steroid dienone is 1. The molecule has 0 saturated carbocycles. The number of aryl methyl sites for hydroxylation is 2. The smallest absolute Gasteiger partial charge is 0.335 e. The zero-order valence-electron chi connectivity index (χ0n) is 19.5. The second-order valence-electron chi connectivity index (χ2n) is 8.59. The van der Waals surface area contributed by atoms with E-state index in [2.05, 4.69) is 10.3 Å². The summed E-state index contributed by atoms with van der Waals surface area (Å²) >= 11 is 0. The Morgan fingerprint density at radius 2 is 1.91 bits per heavy atom. The fraction of sp³-hybridized carbons (Fsp3) is 0.308. The van der Waals surface area contributed by atoms with E-state index in [-0.39, 0.29) is 16.9 Å². The fourth-order valence-corrected chi connectivity index (χ4v) is 4.60. The topological polar surface area (TPSA) is 83.4 Å². The van der Waals surface area contributed by atoms with Crippen LogP contribution in [0.25, 0.3) is 6.08 Å². The molecule has 0 amide bonds. The molecule has 34 heavy (non-hydrogen) atoms. The molecule has 2 N–H and O–H groups in total. The highest BCUT2D eigenvalue weighted by molar-refractivity contribution is 6.02. The molecule has 1 saturated heterocycles. The minimum absolute atomic E-state index is 0.142. The summed E-state index contributed by atoms with van der Waals surface area (Å²) in [5, 5.41) is 14.5. The molecule has 0 bridgehead atoms. The van der Waals surface area contributed by atoms with E-state index in [1.54, 1.807) is 36.6 Å². The van der Waals surface area contributed by atoms with Gasteiger partial charge in [-0.2, -0.15) is 0 Å². The Balaban J connectivity index is 1.42. The van der Waals surface area contributed by atoms with Crippen LogP contribution in [0.2, 0.25) is 0 Å². The van der Waals surface area contributed by atoms with Gasteiger partial charge < -0.3 is 15.3 Å². The van der Waals surface area contributed by atoms with Crippen molar-refractivity contribution in [2.45, 2.75) is 39.2 Å². The zero-order chi connectivity index (χ0) is 24.3. The summed E-state index contributed by atoms with van der Waals surface area (Å²) in [6.45, 7) is 7.13. The van der Waals surface area contributed by atoms with Gasteiger partial charge in [0.15, 0.2) is 5.75 Å². The number of rotatable bonds is 6. The Bertz CT molecular complexity index is 1160. The third-order valence-corrected chi connectivity index (χ3v) is 6.40. The lowest BCUT2D eigenvalue weighted by Crippen LogP contribution is -2.43. The fourth-order valence-electron chi connectivity index (χ4n) is 4.60. The van der Waals surface area contributed by atoms with E-state index in [0.717, 1.165) is 40.8 Å². The standard InChI is InChI=1S/C26H28FN3O4/c1-4-23-26(29-24(28-23)19-6-5-7-21(16-19)34-27)9-11-30(12-10-26)33-13-8-22-17(2)14-20(25(31)32)15-18(22)3/h4-8,13-16H,9-12H2,1-3H3,(H,28,29)(H,31,32)/b13-8+,23-4?. The van der Waals surface area contributed by atoms with Crippen molar-refractivity contribution in [3.63, 3.8) is 0 Å². The van der Waals surface area contributed by atoms with Crippen LogP contribution in [-0.4, -0.2) is 40.6 Å². The number of benzene rings is 2. The number of amidine groups is 1. The van der Waals surface area contributed by atoms with Crippen LogP contribution in [0.1, 0.15) is 52.4 Å². The van der Waals surface area contributed by atoms with Gasteiger partial charge in [0, 0.05) is 28.9 Å². The summed E-state index contributed by atoms with van der Waals surface area (Å²) in [6.07, 6.45) is 7.08. The van der Waals surface area contributed by atoms with Gasteiger partial charge in [-0.15, -0.1) is 5.06 Å². The molecule has 1 spiro atoms. The van der Waals surface area contributed by atoms with Crippen molar-refractivity contribution >= 4 is 17.9 Å². The van der Waals surface area contributed by atoms with Gasteiger partial charge >= 0.3 is 5.97 Å². The molecule has 1 fully saturated rings. The van der Waals surface area contributed by atoms with Crippen LogP contribution in [0.3, 0.4) is 0 Å². The minimum Gasteiger partial charge on any atom is -0.478 e. The molecular weight excluding hydrogens is 437 g/mol. The average molecular weight is 466 g/mol. The SMILES string of the molecule is CC=C1NC(c2cccc(OF)c2)=NC12CCN(O/C=C/c1c(C)cc(C(=O)O)cc1C)CC2. The maximum absolute atomic E-state index is 12.6. The molecule has 2 aliphatic rings. The largest absolute Gasteiger partial charge is 0.478 e. The molecule has 0 unspecified atom stereocenters. The Morgan fingerprint density at radius 3 is 2.53 bits per heavy atom. The Hall–Kier alpha value is -3.65. The van der Waals surface area contributed by atoms with E-state index < -0.39 is 5.97 Å². The maximum Gasteiger partial charge on any atom is 0.335 e. The molecular formula is C26H28FN3O4. The highest BCUT2D eigenvalue weighted by Gasteiger charge is 2.42. The molecule has 0 aliphatic carbocycles. The number of halogens is 1. The highest BCUT2D eigenvalue weighted by atomic mass is 19.3. The van der Waals surface area contributed by atoms with Gasteiger partial charge in [-0.1, -0.05) is 18.2 Å². The number of piperidine rings is 1. The number of aromatic carboxylic acids is 1. The molecule has 2 aliphatic heterocycles. The number of hydrogen-bond acceptors (Lipinski definition) is 6. The summed E-state index contributed by atoms with van der Waals surface area (Å²) < 4.78 is 12.6. The molecule has 2 aromatic rings. The predicted molar refractivity (Wildman–Crippen MR) is 128 cm³/mol. The van der Waals surface area contributed by atoms with E-state index in [1.807, 2.05) is 44.1 Å². The van der Waals surface area contributed by atoms with Crippen molar-refractivity contribution in [1.29, 1.82) is 0 Å². The average Bonchev–Trinajstić information content (AvgIpc) is 3.20. The first kappa shape index (κ1) is 23.5. The molecule has 0 atom stereocenters. The van der Waals surface area contributed by atoms with Crippen LogP contribution < -0.4 is 10.3 Å². The van der Waals surface area contributed by atoms with E-state index in [1.165, 1.54) is 0 Å². The number of nitrogens with zero attached hydrogens (tertiary/aromatic N) is 2. The summed E-state index contributed by atoms with van der Waals surface area (Å²) in [7, 11) is 0. The lowest BCUT2D eigenvalue weighted by molar-refractivity contribution is -0.121. The van der Waals surface area contributed by atoms with Crippen LogP contribution in [0.5, 0.6) is 5.75 Å². The first-order chi connectivity index (χ1) is 16.3. The van der Waals surface area contributed by atoms with E-state index in [9.17, 15) is 14.4 Å². The summed E-state index contributed by atoms with van der Waals surface area (Å²) in [4.78, 5) is 26.0. The van der Waals surface area contributed by atoms with Gasteiger partial charge in [0.05, 0.1) is 5.56 Å². The molecule has 0 aromatic heterocycles. The van der Waals surface area contributed by atoms with Gasteiger partial charge in [-0.3, -0.25) is 9.93 Å². The van der Waals surface area contributed by atoms with Gasteiger partial charge in [0.1, 0.15) is 17.6 Å².